The molecule has 2 N–H and O–H groups in total. The lowest BCUT2D eigenvalue weighted by atomic mass is 9.85. The summed E-state index contributed by atoms with van der Waals surface area (Å²) >= 11 is 1.27. The summed E-state index contributed by atoms with van der Waals surface area (Å²) in [6.45, 7) is 1.93. The standard InChI is InChI=1S/C13H21NO3S2/c1-2-10-4-3-5-11(8-10)14-19(16,17)13-6-7-18-12(13)9-15/h6-7,10-11,14-15H,2-5,8-9H2,1H3. The predicted molar refractivity (Wildman–Crippen MR) is 76.6 cm³/mol. The zero-order chi connectivity index (χ0) is 13.9. The molecule has 1 aromatic heterocycles. The molecule has 4 nitrogen and oxygen atoms in total. The first-order chi connectivity index (χ1) is 9.06. The minimum absolute atomic E-state index is 0.0372. The molecule has 2 unspecified atom stereocenters. The Hall–Kier alpha value is -0.430. The van der Waals surface area contributed by atoms with E-state index in [1.54, 1.807) is 11.4 Å². The van der Waals surface area contributed by atoms with Crippen LogP contribution in [0.25, 0.3) is 0 Å². The fourth-order valence-electron chi connectivity index (χ4n) is 2.74. The molecule has 0 aliphatic heterocycles. The zero-order valence-electron chi connectivity index (χ0n) is 11.1. The third-order valence-electron chi connectivity index (χ3n) is 3.82. The second-order valence-electron chi connectivity index (χ2n) is 5.13. The summed E-state index contributed by atoms with van der Waals surface area (Å²) in [7, 11) is -3.49. The Balaban J connectivity index is 2.09. The van der Waals surface area contributed by atoms with Gasteiger partial charge < -0.3 is 5.11 Å². The lowest BCUT2D eigenvalue weighted by molar-refractivity contribution is 0.282. The van der Waals surface area contributed by atoms with Crippen LogP contribution >= 0.6 is 11.3 Å². The van der Waals surface area contributed by atoms with E-state index in [0.29, 0.717) is 10.8 Å². The van der Waals surface area contributed by atoms with Gasteiger partial charge in [-0.1, -0.05) is 26.2 Å². The third-order valence-corrected chi connectivity index (χ3v) is 6.46. The summed E-state index contributed by atoms with van der Waals surface area (Å²) < 4.78 is 27.4. The number of rotatable bonds is 5. The largest absolute Gasteiger partial charge is 0.391 e. The maximum absolute atomic E-state index is 12.3. The van der Waals surface area contributed by atoms with Crippen LogP contribution in [-0.4, -0.2) is 19.6 Å². The first-order valence-electron chi connectivity index (χ1n) is 6.76. The summed E-state index contributed by atoms with van der Waals surface area (Å²) in [5.41, 5.74) is 0. The van der Waals surface area contributed by atoms with Crippen LogP contribution in [0.1, 0.15) is 43.9 Å². The maximum Gasteiger partial charge on any atom is 0.242 e. The normalized spacial score (nSPS) is 24.5. The number of hydrogen-bond acceptors (Lipinski definition) is 4. The van der Waals surface area contributed by atoms with Crippen molar-refractivity contribution < 1.29 is 13.5 Å². The van der Waals surface area contributed by atoms with E-state index in [0.717, 1.165) is 25.7 Å². The van der Waals surface area contributed by atoms with Gasteiger partial charge in [0.2, 0.25) is 10.0 Å². The minimum Gasteiger partial charge on any atom is -0.391 e. The van der Waals surface area contributed by atoms with Gasteiger partial charge in [-0.3, -0.25) is 0 Å². The number of hydrogen-bond donors (Lipinski definition) is 2. The zero-order valence-corrected chi connectivity index (χ0v) is 12.8. The van der Waals surface area contributed by atoms with Gasteiger partial charge in [-0.25, -0.2) is 13.1 Å². The van der Waals surface area contributed by atoms with Crippen LogP contribution < -0.4 is 4.72 Å². The number of aliphatic hydroxyl groups is 1. The Kier molecular flexibility index (Phi) is 5.00. The van der Waals surface area contributed by atoms with Crippen molar-refractivity contribution in [2.45, 2.75) is 56.6 Å². The van der Waals surface area contributed by atoms with E-state index in [4.69, 9.17) is 0 Å². The Bertz CT molecular complexity index is 510. The smallest absolute Gasteiger partial charge is 0.242 e. The Morgan fingerprint density at radius 2 is 2.26 bits per heavy atom. The highest BCUT2D eigenvalue weighted by atomic mass is 32.2. The molecule has 1 saturated carbocycles. The molecule has 1 fully saturated rings. The van der Waals surface area contributed by atoms with E-state index in [1.165, 1.54) is 17.8 Å². The van der Waals surface area contributed by atoms with Gasteiger partial charge >= 0.3 is 0 Å². The number of sulfonamides is 1. The van der Waals surface area contributed by atoms with Crippen molar-refractivity contribution in [3.05, 3.63) is 16.3 Å². The summed E-state index contributed by atoms with van der Waals surface area (Å²) in [5, 5.41) is 10.9. The second kappa shape index (κ2) is 6.35. The van der Waals surface area contributed by atoms with Crippen LogP contribution in [0.3, 0.4) is 0 Å². The molecule has 0 saturated heterocycles. The summed E-state index contributed by atoms with van der Waals surface area (Å²) in [6, 6.07) is 1.61. The maximum atomic E-state index is 12.3. The molecule has 0 aromatic carbocycles. The summed E-state index contributed by atoms with van der Waals surface area (Å²) in [4.78, 5) is 0.744. The van der Waals surface area contributed by atoms with Crippen molar-refractivity contribution in [2.24, 2.45) is 5.92 Å². The fourth-order valence-corrected chi connectivity index (χ4v) is 5.31. The predicted octanol–water partition coefficient (Wildman–Crippen LogP) is 2.49. The molecular formula is C13H21NO3S2. The van der Waals surface area contributed by atoms with E-state index in [9.17, 15) is 13.5 Å². The Morgan fingerprint density at radius 1 is 1.47 bits per heavy atom. The topological polar surface area (TPSA) is 66.4 Å². The summed E-state index contributed by atoms with van der Waals surface area (Å²) in [6.07, 6.45) is 5.23. The molecule has 2 rings (SSSR count). The highest BCUT2D eigenvalue weighted by Crippen LogP contribution is 2.28. The van der Waals surface area contributed by atoms with Crippen molar-refractivity contribution in [3.8, 4) is 0 Å². The molecule has 1 aliphatic carbocycles. The van der Waals surface area contributed by atoms with Gasteiger partial charge in [0.05, 0.1) is 11.5 Å². The molecule has 108 valence electrons. The molecule has 0 spiro atoms. The van der Waals surface area contributed by atoms with Crippen molar-refractivity contribution in [1.29, 1.82) is 0 Å². The molecule has 0 bridgehead atoms. The molecule has 1 aromatic rings. The van der Waals surface area contributed by atoms with Crippen LogP contribution in [0.4, 0.5) is 0 Å². The molecule has 19 heavy (non-hydrogen) atoms. The monoisotopic (exact) mass is 303 g/mol. The van der Waals surface area contributed by atoms with Gasteiger partial charge in [0.1, 0.15) is 0 Å². The lowest BCUT2D eigenvalue weighted by Crippen LogP contribution is -2.38. The average Bonchev–Trinajstić information content (AvgIpc) is 2.87. The van der Waals surface area contributed by atoms with Gasteiger partial charge in [0.15, 0.2) is 0 Å². The molecule has 1 heterocycles. The van der Waals surface area contributed by atoms with E-state index < -0.39 is 10.0 Å². The van der Waals surface area contributed by atoms with Crippen LogP contribution in [0.2, 0.25) is 0 Å². The minimum atomic E-state index is -3.49. The van der Waals surface area contributed by atoms with E-state index >= 15 is 0 Å². The first kappa shape index (κ1) is 15.0. The van der Waals surface area contributed by atoms with Crippen LogP contribution in [0.5, 0.6) is 0 Å². The highest BCUT2D eigenvalue weighted by Gasteiger charge is 2.27. The highest BCUT2D eigenvalue weighted by molar-refractivity contribution is 7.89. The van der Waals surface area contributed by atoms with Crippen LogP contribution in [0, 0.1) is 5.92 Å². The van der Waals surface area contributed by atoms with Crippen molar-refractivity contribution >= 4 is 21.4 Å². The van der Waals surface area contributed by atoms with Crippen LogP contribution in [0.15, 0.2) is 16.3 Å². The Morgan fingerprint density at radius 3 is 2.95 bits per heavy atom. The van der Waals surface area contributed by atoms with E-state index in [-0.39, 0.29) is 17.5 Å². The van der Waals surface area contributed by atoms with Gasteiger partial charge in [0.25, 0.3) is 0 Å². The van der Waals surface area contributed by atoms with Crippen molar-refractivity contribution in [3.63, 3.8) is 0 Å². The molecule has 0 radical (unpaired) electrons. The number of nitrogens with one attached hydrogen (secondary N) is 1. The number of aliphatic hydroxyl groups excluding tert-OH is 1. The third kappa shape index (κ3) is 3.56. The quantitative estimate of drug-likeness (QED) is 0.878. The lowest BCUT2D eigenvalue weighted by Gasteiger charge is -2.28. The van der Waals surface area contributed by atoms with Gasteiger partial charge in [-0.2, -0.15) is 0 Å². The van der Waals surface area contributed by atoms with Gasteiger partial charge in [-0.05, 0) is 30.2 Å². The van der Waals surface area contributed by atoms with E-state index in [2.05, 4.69) is 11.6 Å². The molecule has 0 amide bonds. The van der Waals surface area contributed by atoms with Gasteiger partial charge in [0, 0.05) is 10.9 Å². The van der Waals surface area contributed by atoms with Gasteiger partial charge in [-0.15, -0.1) is 11.3 Å². The van der Waals surface area contributed by atoms with Crippen LogP contribution in [-0.2, 0) is 16.6 Å². The molecular weight excluding hydrogens is 282 g/mol. The molecule has 6 heteroatoms. The van der Waals surface area contributed by atoms with Crippen molar-refractivity contribution in [2.75, 3.05) is 0 Å². The molecule has 1 aliphatic rings. The summed E-state index contributed by atoms with van der Waals surface area (Å²) in [5.74, 6) is 0.626. The Labute approximate surface area is 118 Å². The fraction of sp³-hybridized carbons (Fsp3) is 0.692. The second-order valence-corrected chi connectivity index (χ2v) is 7.81. The average molecular weight is 303 g/mol. The number of thiophene rings is 1. The first-order valence-corrected chi connectivity index (χ1v) is 9.12. The van der Waals surface area contributed by atoms with E-state index in [1.807, 2.05) is 0 Å². The SMILES string of the molecule is CCC1CCCC(NS(=O)(=O)c2ccsc2CO)C1. The molecule has 2 atom stereocenters. The van der Waals surface area contributed by atoms with Crippen molar-refractivity contribution in [1.82, 2.24) is 4.72 Å².